The molecule has 1 aromatic rings. The van der Waals surface area contributed by atoms with Gasteiger partial charge in [-0.05, 0) is 154 Å². The van der Waals surface area contributed by atoms with Crippen molar-refractivity contribution in [2.24, 2.45) is 35.3 Å². The largest absolute Gasteiger partial charge is 0.397 e. The second-order valence-corrected chi connectivity index (χ2v) is 18.8. The van der Waals surface area contributed by atoms with Crippen molar-refractivity contribution in [2.75, 3.05) is 6.54 Å². The van der Waals surface area contributed by atoms with Gasteiger partial charge in [-0.25, -0.2) is 0 Å². The van der Waals surface area contributed by atoms with Gasteiger partial charge in [0.15, 0.2) is 0 Å². The summed E-state index contributed by atoms with van der Waals surface area (Å²) in [6.45, 7) is 0.880. The highest BCUT2D eigenvalue weighted by Crippen LogP contribution is 2.62. The summed E-state index contributed by atoms with van der Waals surface area (Å²) < 4.78 is 0. The Morgan fingerprint density at radius 2 is 1.36 bits per heavy atom. The summed E-state index contributed by atoms with van der Waals surface area (Å²) in [5.74, 6) is 2.12. The van der Waals surface area contributed by atoms with Gasteiger partial charge >= 0.3 is 0 Å². The van der Waals surface area contributed by atoms with Crippen molar-refractivity contribution >= 4 is 11.1 Å². The van der Waals surface area contributed by atoms with E-state index in [1.165, 1.54) is 50.4 Å². The number of allylic oxidation sites excluding steroid dienone is 30. The monoisotopic (exact) mass is 792 g/mol. The molecule has 1 saturated carbocycles. The van der Waals surface area contributed by atoms with Crippen LogP contribution in [0.1, 0.15) is 70.6 Å². The maximum absolute atomic E-state index is 6.76. The zero-order valence-electron chi connectivity index (χ0n) is 35.3. The molecule has 2 heteroatoms. The van der Waals surface area contributed by atoms with Gasteiger partial charge in [0.1, 0.15) is 0 Å². The summed E-state index contributed by atoms with van der Waals surface area (Å²) in [6, 6.07) is 9.41. The molecule has 5 unspecified atom stereocenters. The first kappa shape index (κ1) is 36.9. The molecule has 0 aromatic heterocycles. The Morgan fingerprint density at radius 3 is 2.10 bits per heavy atom. The predicted octanol–water partition coefficient (Wildman–Crippen LogP) is 11.9. The van der Waals surface area contributed by atoms with Gasteiger partial charge in [-0.2, -0.15) is 0 Å². The third-order valence-electron chi connectivity index (χ3n) is 15.6. The zero-order chi connectivity index (χ0) is 40.4. The Hall–Kier alpha value is -5.86. The van der Waals surface area contributed by atoms with Crippen LogP contribution >= 0.6 is 0 Å². The molecule has 2 N–H and O–H groups in total. The van der Waals surface area contributed by atoms with E-state index in [0.717, 1.165) is 76.5 Å². The topological polar surface area (TPSA) is 29.3 Å². The third kappa shape index (κ3) is 6.28. The molecule has 12 rings (SSSR count). The van der Waals surface area contributed by atoms with E-state index in [4.69, 9.17) is 5.73 Å². The van der Waals surface area contributed by atoms with Crippen molar-refractivity contribution < 1.29 is 0 Å². The molecule has 0 bridgehead atoms. The van der Waals surface area contributed by atoms with Crippen molar-refractivity contribution in [3.8, 4) is 0 Å². The van der Waals surface area contributed by atoms with Gasteiger partial charge in [0.05, 0.1) is 5.70 Å². The molecule has 0 saturated heterocycles. The fourth-order valence-corrected chi connectivity index (χ4v) is 12.8. The number of nitrogens with two attached hydrogens (primary N) is 1. The van der Waals surface area contributed by atoms with Crippen molar-refractivity contribution in [1.82, 2.24) is 4.90 Å². The fourth-order valence-electron chi connectivity index (χ4n) is 12.8. The Morgan fingerprint density at radius 1 is 0.607 bits per heavy atom. The highest BCUT2D eigenvalue weighted by atomic mass is 15.1. The lowest BCUT2D eigenvalue weighted by Gasteiger charge is -2.36. The number of fused-ring (bicyclic) bond motifs is 5. The van der Waals surface area contributed by atoms with Gasteiger partial charge in [0.25, 0.3) is 0 Å². The molecular weight excluding hydrogens is 737 g/mol. The summed E-state index contributed by atoms with van der Waals surface area (Å²) >= 11 is 0. The first-order valence-electron chi connectivity index (χ1n) is 23.4. The van der Waals surface area contributed by atoms with Crippen LogP contribution in [0.4, 0.5) is 0 Å². The molecule has 1 aromatic carbocycles. The Balaban J connectivity index is 0.849. The average molecular weight is 793 g/mol. The van der Waals surface area contributed by atoms with Gasteiger partial charge < -0.3 is 10.6 Å². The minimum absolute atomic E-state index is 0.374. The van der Waals surface area contributed by atoms with E-state index in [2.05, 4.69) is 157 Å². The van der Waals surface area contributed by atoms with Crippen molar-refractivity contribution in [3.63, 3.8) is 0 Å². The minimum Gasteiger partial charge on any atom is -0.397 e. The normalized spacial score (nSPS) is 29.7. The van der Waals surface area contributed by atoms with E-state index in [0.29, 0.717) is 29.6 Å². The number of rotatable bonds is 6. The molecular formula is C59H56N2. The van der Waals surface area contributed by atoms with E-state index < -0.39 is 0 Å². The molecule has 1 heterocycles. The van der Waals surface area contributed by atoms with Crippen molar-refractivity contribution in [2.45, 2.75) is 70.6 Å². The van der Waals surface area contributed by atoms with Gasteiger partial charge in [-0.1, -0.05) is 151 Å². The van der Waals surface area contributed by atoms with E-state index in [1.807, 2.05) is 0 Å². The van der Waals surface area contributed by atoms with E-state index in [-0.39, 0.29) is 0 Å². The number of benzene rings is 1. The maximum Gasteiger partial charge on any atom is 0.0512 e. The lowest BCUT2D eigenvalue weighted by atomic mass is 9.68. The molecule has 1 aliphatic heterocycles. The molecule has 302 valence electrons. The van der Waals surface area contributed by atoms with Crippen LogP contribution in [-0.4, -0.2) is 11.4 Å². The highest BCUT2D eigenvalue weighted by molar-refractivity contribution is 5.85. The van der Waals surface area contributed by atoms with Gasteiger partial charge in [0, 0.05) is 42.1 Å². The van der Waals surface area contributed by atoms with Crippen LogP contribution in [0, 0.1) is 29.6 Å². The van der Waals surface area contributed by atoms with Crippen LogP contribution in [0.25, 0.3) is 11.1 Å². The van der Waals surface area contributed by atoms with E-state index in [9.17, 15) is 0 Å². The summed E-state index contributed by atoms with van der Waals surface area (Å²) in [5.41, 5.74) is 28.8. The number of hydrogen-bond acceptors (Lipinski definition) is 2. The molecule has 10 aliphatic carbocycles. The van der Waals surface area contributed by atoms with Crippen molar-refractivity contribution in [3.05, 3.63) is 235 Å². The second-order valence-electron chi connectivity index (χ2n) is 18.8. The fraction of sp³-hybridized carbons (Fsp3) is 0.288. The summed E-state index contributed by atoms with van der Waals surface area (Å²) in [7, 11) is 0. The number of hydrogen-bond donors (Lipinski definition) is 1. The van der Waals surface area contributed by atoms with Crippen LogP contribution in [0.5, 0.6) is 0 Å². The van der Waals surface area contributed by atoms with Crippen LogP contribution in [-0.2, 0) is 0 Å². The van der Waals surface area contributed by atoms with E-state index >= 15 is 0 Å². The van der Waals surface area contributed by atoms with Crippen LogP contribution in [0.15, 0.2) is 225 Å². The highest BCUT2D eigenvalue weighted by Gasteiger charge is 2.52. The Kier molecular flexibility index (Phi) is 9.23. The van der Waals surface area contributed by atoms with Crippen LogP contribution < -0.4 is 16.2 Å². The molecule has 0 radical (unpaired) electrons. The summed E-state index contributed by atoms with van der Waals surface area (Å²) in [4.78, 5) is 2.32. The first-order valence-corrected chi connectivity index (χ1v) is 23.4. The molecule has 1 fully saturated rings. The first-order chi connectivity index (χ1) is 30.2. The zero-order valence-corrected chi connectivity index (χ0v) is 35.3. The maximum atomic E-state index is 6.76. The van der Waals surface area contributed by atoms with Gasteiger partial charge in [-0.15, -0.1) is 0 Å². The summed E-state index contributed by atoms with van der Waals surface area (Å²) in [6.07, 6.45) is 62.5. The standard InChI is InChI=1S/C59H56N2/c60-53(37-61-34-12-18-40-13-7-10-23-54(40)61)39-26-24-38(25-27-39)43-28-29-45-36-46(31-30-44(45)35-43)47-32-33-52-57-48(47)21-11-22-51(57)58-55(41-14-3-1-4-15-41)49-19-8-9-20-50(49)56(59(52)58)42-16-5-2-6-17-42/h1-3,5,8-12,14,16,18-24,26,30-33,35,37,45,48,57-59H,4,6-7,13,15,17,25,27-29,34,36,60H2/b53-37-. The van der Waals surface area contributed by atoms with Crippen LogP contribution in [0.2, 0.25) is 0 Å². The van der Waals surface area contributed by atoms with Gasteiger partial charge in [0.2, 0.25) is 0 Å². The lowest BCUT2D eigenvalue weighted by molar-refractivity contribution is 0.509. The number of nitrogens with zero attached hydrogens (tertiary/aromatic N) is 1. The summed E-state index contributed by atoms with van der Waals surface area (Å²) in [5, 5.41) is 2.93. The second kappa shape index (κ2) is 15.2. The Labute approximate surface area is 362 Å². The molecule has 0 amide bonds. The minimum atomic E-state index is 0.374. The average Bonchev–Trinajstić information content (AvgIpc) is 3.65. The SMILES string of the molecule is N/C(=C\N1CC=CC2=C1C=CCC2)C1=CC=C(C2=CC3=CC=C(C4=CC=C5C6C(=CC=CC46)C4C(C6=CC=CCC6)=c6ccccc6=C(C6=CC=CCC6)C54)CC3CC2)CC1. The molecule has 2 nitrogen and oxygen atoms in total. The van der Waals surface area contributed by atoms with Crippen molar-refractivity contribution in [1.29, 1.82) is 0 Å². The van der Waals surface area contributed by atoms with Crippen LogP contribution in [0.3, 0.4) is 0 Å². The Bertz CT molecular complexity index is 2820. The van der Waals surface area contributed by atoms with Gasteiger partial charge in [-0.3, -0.25) is 0 Å². The lowest BCUT2D eigenvalue weighted by Crippen LogP contribution is -2.40. The van der Waals surface area contributed by atoms with E-state index in [1.54, 1.807) is 44.6 Å². The molecule has 0 spiro atoms. The predicted molar refractivity (Wildman–Crippen MR) is 253 cm³/mol. The molecule has 61 heavy (non-hydrogen) atoms. The molecule has 11 aliphatic rings. The molecule has 5 atom stereocenters. The quantitative estimate of drug-likeness (QED) is 0.311. The smallest absolute Gasteiger partial charge is 0.0512 e. The third-order valence-corrected chi connectivity index (χ3v) is 15.6.